The van der Waals surface area contributed by atoms with E-state index >= 15 is 0 Å². The van der Waals surface area contributed by atoms with E-state index in [1.807, 2.05) is 7.05 Å². The Hall–Kier alpha value is -0.0900. The van der Waals surface area contributed by atoms with E-state index in [2.05, 4.69) is 19.2 Å². The molecule has 4 heteroatoms. The normalized spacial score (nSPS) is 17.9. The van der Waals surface area contributed by atoms with Crippen LogP contribution < -0.4 is 5.32 Å². The molecule has 0 spiro atoms. The van der Waals surface area contributed by atoms with Gasteiger partial charge in [-0.3, -0.25) is 0 Å². The van der Waals surface area contributed by atoms with Crippen molar-refractivity contribution in [2.24, 2.45) is 5.92 Å². The molecule has 2 unspecified atom stereocenters. The van der Waals surface area contributed by atoms with Gasteiger partial charge in [0.2, 0.25) is 0 Å². The van der Waals surface area contributed by atoms with Crippen molar-refractivity contribution in [1.82, 2.24) is 5.32 Å². The molecule has 86 valence electrons. The molecule has 0 heterocycles. The van der Waals surface area contributed by atoms with E-state index in [9.17, 15) is 8.42 Å². The van der Waals surface area contributed by atoms with Crippen LogP contribution in [0.2, 0.25) is 0 Å². The minimum atomic E-state index is -3.03. The van der Waals surface area contributed by atoms with Gasteiger partial charge < -0.3 is 5.32 Å². The average molecular weight is 221 g/mol. The summed E-state index contributed by atoms with van der Waals surface area (Å²) in [6.07, 6.45) is 2.28. The van der Waals surface area contributed by atoms with Crippen molar-refractivity contribution in [3.05, 3.63) is 0 Å². The fourth-order valence-corrected chi connectivity index (χ4v) is 2.60. The molecule has 0 radical (unpaired) electrons. The van der Waals surface area contributed by atoms with Crippen LogP contribution in [-0.4, -0.2) is 32.5 Å². The molecule has 0 aromatic carbocycles. The lowest BCUT2D eigenvalue weighted by Gasteiger charge is -2.36. The monoisotopic (exact) mass is 221 g/mol. The van der Waals surface area contributed by atoms with Gasteiger partial charge in [-0.05, 0) is 26.8 Å². The number of rotatable bonds is 5. The predicted octanol–water partition coefficient (Wildman–Crippen LogP) is 1.44. The van der Waals surface area contributed by atoms with Crippen molar-refractivity contribution in [2.75, 3.05) is 13.3 Å². The lowest BCUT2D eigenvalue weighted by atomic mass is 9.89. The maximum Gasteiger partial charge on any atom is 0.154 e. The van der Waals surface area contributed by atoms with E-state index in [1.165, 1.54) is 6.26 Å². The summed E-state index contributed by atoms with van der Waals surface area (Å²) < 4.78 is 22.6. The Morgan fingerprint density at radius 1 is 1.36 bits per heavy atom. The lowest BCUT2D eigenvalue weighted by molar-refractivity contribution is 0.321. The zero-order valence-electron chi connectivity index (χ0n) is 10.1. The van der Waals surface area contributed by atoms with Gasteiger partial charge in [0.1, 0.15) is 0 Å². The number of hydrogen-bond acceptors (Lipinski definition) is 3. The van der Waals surface area contributed by atoms with E-state index in [0.717, 1.165) is 6.42 Å². The number of sulfone groups is 1. The summed E-state index contributed by atoms with van der Waals surface area (Å²) in [5, 5.41) is 3.12. The van der Waals surface area contributed by atoms with E-state index in [1.54, 1.807) is 13.8 Å². The average Bonchev–Trinajstić information content (AvgIpc) is 2.02. The van der Waals surface area contributed by atoms with Gasteiger partial charge in [0.05, 0.1) is 4.75 Å². The fraction of sp³-hybridized carbons (Fsp3) is 1.00. The first-order valence-electron chi connectivity index (χ1n) is 5.05. The molecule has 0 amide bonds. The molecule has 0 aliphatic carbocycles. The molecule has 0 saturated carbocycles. The molecule has 1 N–H and O–H groups in total. The summed E-state index contributed by atoms with van der Waals surface area (Å²) in [6.45, 7) is 7.73. The highest BCUT2D eigenvalue weighted by molar-refractivity contribution is 7.92. The highest BCUT2D eigenvalue weighted by Crippen LogP contribution is 2.26. The van der Waals surface area contributed by atoms with Crippen LogP contribution in [0.5, 0.6) is 0 Å². The van der Waals surface area contributed by atoms with Gasteiger partial charge in [-0.15, -0.1) is 0 Å². The summed E-state index contributed by atoms with van der Waals surface area (Å²) in [4.78, 5) is 0. The molecule has 0 fully saturated rings. The summed E-state index contributed by atoms with van der Waals surface area (Å²) >= 11 is 0. The molecule has 0 aromatic rings. The Morgan fingerprint density at radius 2 is 1.79 bits per heavy atom. The molecule has 0 rings (SSSR count). The van der Waals surface area contributed by atoms with Gasteiger partial charge in [-0.1, -0.05) is 20.3 Å². The largest absolute Gasteiger partial charge is 0.315 e. The zero-order chi connectivity index (χ0) is 11.6. The van der Waals surface area contributed by atoms with Crippen LogP contribution in [-0.2, 0) is 9.84 Å². The maximum atomic E-state index is 11.6. The molecular weight excluding hydrogens is 198 g/mol. The standard InChI is InChI=1S/C10H23NO2S/c1-7-8(2)9(11-5)10(3,4)14(6,12)13/h8-9,11H,7H2,1-6H3. The summed E-state index contributed by atoms with van der Waals surface area (Å²) in [7, 11) is -1.21. The Balaban J connectivity index is 5.03. The third-order valence-corrected chi connectivity index (χ3v) is 5.39. The minimum absolute atomic E-state index is 0.00231. The predicted molar refractivity (Wildman–Crippen MR) is 61.2 cm³/mol. The van der Waals surface area contributed by atoms with Crippen molar-refractivity contribution in [3.63, 3.8) is 0 Å². The number of hydrogen-bond donors (Lipinski definition) is 1. The quantitative estimate of drug-likeness (QED) is 0.764. The number of nitrogens with one attached hydrogen (secondary N) is 1. The van der Waals surface area contributed by atoms with E-state index in [-0.39, 0.29) is 6.04 Å². The highest BCUT2D eigenvalue weighted by atomic mass is 32.2. The van der Waals surface area contributed by atoms with Gasteiger partial charge in [-0.25, -0.2) is 8.42 Å². The smallest absolute Gasteiger partial charge is 0.154 e. The first-order valence-corrected chi connectivity index (χ1v) is 6.94. The molecule has 14 heavy (non-hydrogen) atoms. The van der Waals surface area contributed by atoms with Crippen LogP contribution in [0.25, 0.3) is 0 Å². The van der Waals surface area contributed by atoms with Crippen LogP contribution in [0.1, 0.15) is 34.1 Å². The van der Waals surface area contributed by atoms with E-state index < -0.39 is 14.6 Å². The van der Waals surface area contributed by atoms with Gasteiger partial charge in [0.15, 0.2) is 9.84 Å². The maximum absolute atomic E-state index is 11.6. The molecule has 3 nitrogen and oxygen atoms in total. The molecule has 0 saturated heterocycles. The molecule has 2 atom stereocenters. The zero-order valence-corrected chi connectivity index (χ0v) is 10.9. The first-order chi connectivity index (χ1) is 6.18. The Labute approximate surface area is 88.2 Å². The van der Waals surface area contributed by atoms with Crippen LogP contribution in [0, 0.1) is 5.92 Å². The van der Waals surface area contributed by atoms with Gasteiger partial charge in [0, 0.05) is 12.3 Å². The summed E-state index contributed by atoms with van der Waals surface area (Å²) in [5.74, 6) is 0.352. The van der Waals surface area contributed by atoms with Gasteiger partial charge in [-0.2, -0.15) is 0 Å². The molecule has 0 aliphatic rings. The van der Waals surface area contributed by atoms with Crippen LogP contribution in [0.4, 0.5) is 0 Å². The van der Waals surface area contributed by atoms with Gasteiger partial charge in [0.25, 0.3) is 0 Å². The second-order valence-electron chi connectivity index (χ2n) is 4.53. The van der Waals surface area contributed by atoms with Crippen molar-refractivity contribution >= 4 is 9.84 Å². The molecular formula is C10H23NO2S. The summed E-state index contributed by atoms with van der Waals surface area (Å²) in [6, 6.07) is 0.00231. The third kappa shape index (κ3) is 2.70. The molecule has 0 aliphatic heterocycles. The van der Waals surface area contributed by atoms with E-state index in [4.69, 9.17) is 0 Å². The van der Waals surface area contributed by atoms with Crippen molar-refractivity contribution in [2.45, 2.75) is 44.9 Å². The van der Waals surface area contributed by atoms with Crippen LogP contribution in [0.15, 0.2) is 0 Å². The third-order valence-electron chi connectivity index (χ3n) is 3.23. The lowest BCUT2D eigenvalue weighted by Crippen LogP contribution is -2.53. The summed E-state index contributed by atoms with van der Waals surface area (Å²) in [5.41, 5.74) is 0. The first kappa shape index (κ1) is 13.9. The SMILES string of the molecule is CCC(C)C(NC)C(C)(C)S(C)(=O)=O. The van der Waals surface area contributed by atoms with Crippen molar-refractivity contribution in [3.8, 4) is 0 Å². The Morgan fingerprint density at radius 3 is 2.00 bits per heavy atom. The highest BCUT2D eigenvalue weighted by Gasteiger charge is 2.40. The van der Waals surface area contributed by atoms with Crippen LogP contribution >= 0.6 is 0 Å². The van der Waals surface area contributed by atoms with Gasteiger partial charge >= 0.3 is 0 Å². The van der Waals surface area contributed by atoms with Crippen molar-refractivity contribution in [1.29, 1.82) is 0 Å². The minimum Gasteiger partial charge on any atom is -0.315 e. The molecule has 0 bridgehead atoms. The molecule has 0 aromatic heterocycles. The van der Waals surface area contributed by atoms with Crippen LogP contribution in [0.3, 0.4) is 0 Å². The van der Waals surface area contributed by atoms with Crippen molar-refractivity contribution < 1.29 is 8.42 Å². The topological polar surface area (TPSA) is 46.2 Å². The van der Waals surface area contributed by atoms with E-state index in [0.29, 0.717) is 5.92 Å². The Bertz CT molecular complexity index is 270. The fourth-order valence-electron chi connectivity index (χ4n) is 1.78. The second-order valence-corrected chi connectivity index (χ2v) is 7.12. The second kappa shape index (κ2) is 4.62. The Kier molecular flexibility index (Phi) is 4.59.